The van der Waals surface area contributed by atoms with Crippen molar-refractivity contribution in [1.29, 1.82) is 0 Å². The summed E-state index contributed by atoms with van der Waals surface area (Å²) in [5, 5.41) is 14.6. The number of thiophene rings is 3. The van der Waals surface area contributed by atoms with Gasteiger partial charge in [-0.3, -0.25) is 0 Å². The van der Waals surface area contributed by atoms with Crippen LogP contribution in [0.3, 0.4) is 0 Å². The molecule has 6 nitrogen and oxygen atoms in total. The quantitative estimate of drug-likeness (QED) is 0.122. The second-order valence-electron chi connectivity index (χ2n) is 36.4. The minimum Gasteiger partial charge on any atom is -0.454 e. The van der Waals surface area contributed by atoms with E-state index in [1.807, 2.05) is 34.0 Å². The number of aromatic nitrogens is 3. The number of hydrogen-bond acceptors (Lipinski definition) is 6. The molecule has 9 heterocycles. The average Bonchev–Trinajstić information content (AvgIpc) is 1.57. The molecule has 0 N–H and O–H groups in total. The lowest BCUT2D eigenvalue weighted by molar-refractivity contribution is 0.672. The van der Waals surface area contributed by atoms with Gasteiger partial charge in [0.05, 0.1) is 16.6 Å². The van der Waals surface area contributed by atoms with Crippen molar-refractivity contribution in [2.75, 3.05) is 0 Å². The Balaban J connectivity index is 0.000000104. The molecule has 0 fully saturated rings. The Labute approximate surface area is 822 Å². The summed E-state index contributed by atoms with van der Waals surface area (Å²) in [7, 11) is 0. The van der Waals surface area contributed by atoms with Crippen LogP contribution >= 0.6 is 34.0 Å². The third-order valence-corrected chi connectivity index (χ3v) is 31.7. The molecule has 0 radical (unpaired) electrons. The predicted octanol–water partition coefficient (Wildman–Crippen LogP) is 38.7. The van der Waals surface area contributed by atoms with Gasteiger partial charge in [0.1, 0.15) is 33.3 Å². The number of hydrogen-bond donors (Lipinski definition) is 0. The first-order valence-electron chi connectivity index (χ1n) is 47.8. The van der Waals surface area contributed by atoms with Gasteiger partial charge in [0.2, 0.25) is 0 Å². The number of rotatable bonds is 12. The smallest absolute Gasteiger partial charge is 0.161 e. The fraction of sp³-hybridized carbons (Fsp3) is 0. The van der Waals surface area contributed by atoms with Gasteiger partial charge in [-0.25, -0.2) is 0 Å². The predicted molar refractivity (Wildman–Crippen MR) is 599 cm³/mol. The lowest BCUT2D eigenvalue weighted by atomic mass is 9.95. The highest BCUT2D eigenvalue weighted by molar-refractivity contribution is 7.27. The SMILES string of the molecule is c1ccc(-c2ccc3c(c2)sc2cc(-c4cccc(-c5ccc6oc7c8ccccc8n(-c8ccccc8)c7c6c5)c4)ccc23)cc1.c1ccc(-c2ccc3sc4c(-c5cccc(-c6ccc7oc8c9ccccc9n(-c9ccccc9)c8c7c6)c5)cccc4c3c2)cc1.c1ccc(-c2cccc3c2sc2cccc(-c4cccc(-c5ccc6oc7c8ccccc8n(-c8ccccc8)c7c6c5)c4)c23)cc1. The van der Waals surface area contributed by atoms with Crippen LogP contribution in [0, 0.1) is 0 Å². The van der Waals surface area contributed by atoms with E-state index in [-0.39, 0.29) is 0 Å². The van der Waals surface area contributed by atoms with E-state index in [1.54, 1.807) is 0 Å². The molecule has 0 saturated carbocycles. The first kappa shape index (κ1) is 81.6. The highest BCUT2D eigenvalue weighted by atomic mass is 32.1. The Hall–Kier alpha value is -17.7. The molecule has 0 aliphatic heterocycles. The van der Waals surface area contributed by atoms with Crippen LogP contribution in [0.1, 0.15) is 0 Å². The lowest BCUT2D eigenvalue weighted by Gasteiger charge is -2.10. The molecule has 9 aromatic heterocycles. The number of benzene rings is 21. The average molecular weight is 1850 g/mol. The third kappa shape index (κ3) is 13.9. The molecule has 0 unspecified atom stereocenters. The van der Waals surface area contributed by atoms with E-state index in [9.17, 15) is 0 Å². The highest BCUT2D eigenvalue weighted by Crippen LogP contribution is 2.51. The van der Waals surface area contributed by atoms with Gasteiger partial charge in [0.15, 0.2) is 16.7 Å². The van der Waals surface area contributed by atoms with Crippen LogP contribution in [0.5, 0.6) is 0 Å². The molecule has 0 spiro atoms. The molecule has 0 saturated heterocycles. The molecular formula is C132H81N3O3S3. The van der Waals surface area contributed by atoms with Gasteiger partial charge in [-0.15, -0.1) is 34.0 Å². The summed E-state index contributed by atoms with van der Waals surface area (Å²) < 4.78 is 34.5. The fourth-order valence-electron chi connectivity index (χ4n) is 21.6. The monoisotopic (exact) mass is 1850 g/mol. The van der Waals surface area contributed by atoms with Gasteiger partial charge in [-0.05, 0) is 258 Å². The van der Waals surface area contributed by atoms with Crippen LogP contribution in [-0.4, -0.2) is 13.7 Å². The van der Waals surface area contributed by atoms with E-state index in [1.165, 1.54) is 161 Å². The van der Waals surface area contributed by atoms with Gasteiger partial charge in [0, 0.05) is 110 Å². The van der Waals surface area contributed by atoms with Crippen LogP contribution in [0.15, 0.2) is 505 Å². The Kier molecular flexibility index (Phi) is 19.5. The molecule has 0 bridgehead atoms. The maximum Gasteiger partial charge on any atom is 0.161 e. The van der Waals surface area contributed by atoms with E-state index >= 15 is 0 Å². The molecule has 660 valence electrons. The number of furan rings is 3. The molecule has 21 aromatic carbocycles. The molecule has 141 heavy (non-hydrogen) atoms. The van der Waals surface area contributed by atoms with Crippen LogP contribution in [0.25, 0.3) is 277 Å². The maximum absolute atomic E-state index is 6.55. The van der Waals surface area contributed by atoms with Gasteiger partial charge in [0.25, 0.3) is 0 Å². The Bertz CT molecular complexity index is 10200. The first-order chi connectivity index (χ1) is 69.9. The van der Waals surface area contributed by atoms with Crippen molar-refractivity contribution < 1.29 is 13.3 Å². The molecular weight excluding hydrogens is 1770 g/mol. The van der Waals surface area contributed by atoms with E-state index in [2.05, 4.69) is 505 Å². The van der Waals surface area contributed by atoms with Gasteiger partial charge < -0.3 is 27.0 Å². The Morgan fingerprint density at radius 3 is 0.915 bits per heavy atom. The summed E-state index contributed by atoms with van der Waals surface area (Å²) in [6.07, 6.45) is 0. The summed E-state index contributed by atoms with van der Waals surface area (Å²) in [5.74, 6) is 0. The lowest BCUT2D eigenvalue weighted by Crippen LogP contribution is -1.92. The second-order valence-corrected chi connectivity index (χ2v) is 39.5. The second kappa shape index (κ2) is 33.6. The van der Waals surface area contributed by atoms with E-state index < -0.39 is 0 Å². The highest BCUT2D eigenvalue weighted by Gasteiger charge is 2.26. The zero-order valence-electron chi connectivity index (χ0n) is 76.1. The molecule has 9 heteroatoms. The number of fused-ring (bicyclic) bond motifs is 24. The first-order valence-corrected chi connectivity index (χ1v) is 50.2. The van der Waals surface area contributed by atoms with Crippen molar-refractivity contribution >= 4 is 193 Å². The zero-order valence-corrected chi connectivity index (χ0v) is 78.5. The molecule has 0 amide bonds. The number of para-hydroxylation sites is 6. The van der Waals surface area contributed by atoms with E-state index in [0.717, 1.165) is 116 Å². The van der Waals surface area contributed by atoms with Crippen molar-refractivity contribution in [1.82, 2.24) is 13.7 Å². The van der Waals surface area contributed by atoms with Crippen molar-refractivity contribution in [3.8, 4) is 117 Å². The van der Waals surface area contributed by atoms with E-state index in [0.29, 0.717) is 0 Å². The molecule has 30 rings (SSSR count). The Morgan fingerprint density at radius 1 is 0.156 bits per heavy atom. The molecule has 0 aliphatic rings. The summed E-state index contributed by atoms with van der Waals surface area (Å²) in [6, 6.07) is 177. The summed E-state index contributed by atoms with van der Waals surface area (Å²) in [6.45, 7) is 0. The normalized spacial score (nSPS) is 11.8. The third-order valence-electron chi connectivity index (χ3n) is 28.2. The van der Waals surface area contributed by atoms with Crippen LogP contribution in [0.4, 0.5) is 0 Å². The number of nitrogens with zero attached hydrogens (tertiary/aromatic N) is 3. The van der Waals surface area contributed by atoms with Crippen LogP contribution < -0.4 is 0 Å². The topological polar surface area (TPSA) is 54.2 Å². The Morgan fingerprint density at radius 2 is 0.454 bits per heavy atom. The minimum absolute atomic E-state index is 0.897. The summed E-state index contributed by atoms with van der Waals surface area (Å²) in [4.78, 5) is 0. The maximum atomic E-state index is 6.55. The van der Waals surface area contributed by atoms with E-state index in [4.69, 9.17) is 13.3 Å². The van der Waals surface area contributed by atoms with Crippen molar-refractivity contribution in [3.63, 3.8) is 0 Å². The minimum atomic E-state index is 0.897. The van der Waals surface area contributed by atoms with Crippen LogP contribution in [-0.2, 0) is 0 Å². The van der Waals surface area contributed by atoms with Gasteiger partial charge >= 0.3 is 0 Å². The molecule has 0 atom stereocenters. The van der Waals surface area contributed by atoms with Crippen LogP contribution in [0.2, 0.25) is 0 Å². The van der Waals surface area contributed by atoms with Gasteiger partial charge in [-0.1, -0.05) is 334 Å². The molecule has 30 aromatic rings. The van der Waals surface area contributed by atoms with Crippen molar-refractivity contribution in [2.24, 2.45) is 0 Å². The molecule has 0 aliphatic carbocycles. The standard InChI is InChI=1S/3C44H27NOS/c1-3-12-28(13-4-1)34-20-10-21-36-41-33(19-11-23-40(41)47-44(34)36)31-15-9-14-29(26-31)30-24-25-39-37(27-30)42-43(46-39)35-18-7-8-22-38(35)45(42)32-16-5-2-6-17-32;1-3-11-28(12-4-1)30-22-24-41-37(26-30)35-19-10-18-34(44(35)47-41)32-14-9-13-29(25-32)31-21-23-40-38(27-31)42-43(46-40)36-17-7-8-20-39(36)45(42)33-15-5-2-6-16-33;1-3-10-28(11-4-1)32-18-21-35-36-22-19-33(27-42(36)47-41(35)26-32)30-13-9-12-29(24-30)31-20-23-40-38(25-31)43-44(46-40)37-16-7-8-17-39(37)45(43)34-14-5-2-6-15-34/h3*1-27H. The largest absolute Gasteiger partial charge is 0.454 e. The summed E-state index contributed by atoms with van der Waals surface area (Å²) >= 11 is 5.64. The van der Waals surface area contributed by atoms with Gasteiger partial charge in [-0.2, -0.15) is 0 Å². The zero-order chi connectivity index (χ0) is 92.7. The van der Waals surface area contributed by atoms with Crippen molar-refractivity contribution in [2.45, 2.75) is 0 Å². The fourth-order valence-corrected chi connectivity index (χ4v) is 25.3. The summed E-state index contributed by atoms with van der Waals surface area (Å²) in [5.41, 5.74) is 37.6. The van der Waals surface area contributed by atoms with Crippen molar-refractivity contribution in [3.05, 3.63) is 491 Å².